The van der Waals surface area contributed by atoms with Crippen molar-refractivity contribution in [3.63, 3.8) is 0 Å². The third-order valence-electron chi connectivity index (χ3n) is 5.67. The number of hydrogen-bond acceptors (Lipinski definition) is 4. The van der Waals surface area contributed by atoms with Crippen LogP contribution in [0.15, 0.2) is 36.4 Å². The smallest absolute Gasteiger partial charge is 0.315 e. The first-order valence-corrected chi connectivity index (χ1v) is 10.7. The Kier molecular flexibility index (Phi) is 7.74. The summed E-state index contributed by atoms with van der Waals surface area (Å²) in [7, 11) is 3.25. The average molecular weight is 430 g/mol. The molecule has 31 heavy (non-hydrogen) atoms. The molecule has 0 aromatic heterocycles. The lowest BCUT2D eigenvalue weighted by atomic mass is 9.87. The molecular formula is C24H32FN3O3. The Morgan fingerprint density at radius 2 is 1.97 bits per heavy atom. The van der Waals surface area contributed by atoms with Gasteiger partial charge in [-0.2, -0.15) is 0 Å². The topological polar surface area (TPSA) is 62.8 Å². The number of nitrogens with zero attached hydrogens (tertiary/aromatic N) is 1. The molecule has 0 spiro atoms. The number of ether oxygens (including phenoxy) is 2. The van der Waals surface area contributed by atoms with Crippen LogP contribution in [-0.2, 0) is 13.0 Å². The summed E-state index contributed by atoms with van der Waals surface area (Å²) in [6.45, 7) is 6.00. The van der Waals surface area contributed by atoms with Crippen LogP contribution in [-0.4, -0.2) is 44.3 Å². The summed E-state index contributed by atoms with van der Waals surface area (Å²) in [6.07, 6.45) is 1.70. The molecule has 0 saturated heterocycles. The number of methoxy groups -OCH3 is 2. The van der Waals surface area contributed by atoms with E-state index in [9.17, 15) is 9.18 Å². The van der Waals surface area contributed by atoms with E-state index in [1.54, 1.807) is 26.4 Å². The van der Waals surface area contributed by atoms with Crippen molar-refractivity contribution in [2.24, 2.45) is 0 Å². The second kappa shape index (κ2) is 10.5. The van der Waals surface area contributed by atoms with Gasteiger partial charge in [0.15, 0.2) is 11.5 Å². The Morgan fingerprint density at radius 3 is 2.65 bits per heavy atom. The van der Waals surface area contributed by atoms with Gasteiger partial charge in [-0.05, 0) is 60.7 Å². The van der Waals surface area contributed by atoms with Gasteiger partial charge in [-0.1, -0.05) is 19.1 Å². The highest BCUT2D eigenvalue weighted by Crippen LogP contribution is 2.40. The van der Waals surface area contributed by atoms with Crippen LogP contribution in [0.3, 0.4) is 0 Å². The van der Waals surface area contributed by atoms with Gasteiger partial charge in [0.2, 0.25) is 0 Å². The Bertz CT molecular complexity index is 906. The van der Waals surface area contributed by atoms with Crippen LogP contribution in [0.25, 0.3) is 0 Å². The molecule has 0 aliphatic carbocycles. The van der Waals surface area contributed by atoms with E-state index in [1.165, 1.54) is 11.6 Å². The number of nitrogens with one attached hydrogen (secondary N) is 2. The number of carbonyl (C=O) groups excluding carboxylic acids is 1. The number of halogens is 1. The van der Waals surface area contributed by atoms with Crippen molar-refractivity contribution >= 4 is 6.03 Å². The first-order chi connectivity index (χ1) is 15.0. The third kappa shape index (κ3) is 5.47. The molecule has 3 rings (SSSR count). The maximum absolute atomic E-state index is 13.8. The number of urea groups is 1. The molecule has 2 aromatic rings. The lowest BCUT2D eigenvalue weighted by Gasteiger charge is -2.41. The minimum Gasteiger partial charge on any atom is -0.493 e. The highest BCUT2D eigenvalue weighted by molar-refractivity contribution is 5.74. The van der Waals surface area contributed by atoms with E-state index in [-0.39, 0.29) is 23.9 Å². The zero-order valence-electron chi connectivity index (χ0n) is 18.7. The second-order valence-electron chi connectivity index (χ2n) is 7.89. The van der Waals surface area contributed by atoms with Gasteiger partial charge in [0.05, 0.1) is 20.3 Å². The fourth-order valence-corrected chi connectivity index (χ4v) is 4.24. The summed E-state index contributed by atoms with van der Waals surface area (Å²) in [5.74, 6) is 1.10. The summed E-state index contributed by atoms with van der Waals surface area (Å²) < 4.78 is 24.8. The summed E-state index contributed by atoms with van der Waals surface area (Å²) in [4.78, 5) is 14.7. The summed E-state index contributed by atoms with van der Waals surface area (Å²) >= 11 is 0. The van der Waals surface area contributed by atoms with Gasteiger partial charge in [-0.3, -0.25) is 4.90 Å². The molecular weight excluding hydrogens is 397 g/mol. The van der Waals surface area contributed by atoms with Gasteiger partial charge in [0, 0.05) is 25.7 Å². The van der Waals surface area contributed by atoms with Crippen molar-refractivity contribution in [2.75, 3.05) is 27.3 Å². The van der Waals surface area contributed by atoms with E-state index in [1.807, 2.05) is 32.0 Å². The molecule has 0 saturated carbocycles. The highest BCUT2D eigenvalue weighted by atomic mass is 19.1. The minimum atomic E-state index is -0.247. The zero-order chi connectivity index (χ0) is 22.4. The Hall–Kier alpha value is -2.80. The number of benzene rings is 2. The molecule has 0 bridgehead atoms. The van der Waals surface area contributed by atoms with Crippen LogP contribution in [0.5, 0.6) is 11.5 Å². The Morgan fingerprint density at radius 1 is 1.23 bits per heavy atom. The predicted molar refractivity (Wildman–Crippen MR) is 119 cm³/mol. The van der Waals surface area contributed by atoms with E-state index in [4.69, 9.17) is 9.47 Å². The normalized spacial score (nSPS) is 16.9. The first kappa shape index (κ1) is 22.9. The van der Waals surface area contributed by atoms with Crippen molar-refractivity contribution < 1.29 is 18.7 Å². The van der Waals surface area contributed by atoms with Crippen LogP contribution in [0.4, 0.5) is 9.18 Å². The number of hydrogen-bond donors (Lipinski definition) is 2. The van der Waals surface area contributed by atoms with Crippen molar-refractivity contribution in [3.8, 4) is 11.5 Å². The Labute approximate surface area is 183 Å². The van der Waals surface area contributed by atoms with E-state index in [0.717, 1.165) is 30.5 Å². The molecule has 0 fully saturated rings. The SMILES string of the molecule is CCCNC(=O)N[C@H](C)[C@H]1c2cc(OC)c(OC)cc2CCN1Cc1cccc(F)c1. The molecule has 1 heterocycles. The van der Waals surface area contributed by atoms with Crippen molar-refractivity contribution in [2.45, 2.75) is 45.3 Å². The summed E-state index contributed by atoms with van der Waals surface area (Å²) in [5, 5.41) is 5.96. The second-order valence-corrected chi connectivity index (χ2v) is 7.89. The fraction of sp³-hybridized carbons (Fsp3) is 0.458. The van der Waals surface area contributed by atoms with Gasteiger partial charge in [-0.15, -0.1) is 0 Å². The van der Waals surface area contributed by atoms with Crippen LogP contribution in [0.2, 0.25) is 0 Å². The lowest BCUT2D eigenvalue weighted by Crippen LogP contribution is -2.50. The maximum atomic E-state index is 13.8. The van der Waals surface area contributed by atoms with E-state index in [0.29, 0.717) is 24.6 Å². The first-order valence-electron chi connectivity index (χ1n) is 10.7. The highest BCUT2D eigenvalue weighted by Gasteiger charge is 2.33. The average Bonchev–Trinajstić information content (AvgIpc) is 2.76. The van der Waals surface area contributed by atoms with Crippen LogP contribution in [0, 0.1) is 5.82 Å². The molecule has 2 N–H and O–H groups in total. The van der Waals surface area contributed by atoms with Crippen molar-refractivity contribution in [1.82, 2.24) is 15.5 Å². The molecule has 1 aliphatic heterocycles. The minimum absolute atomic E-state index is 0.0980. The van der Waals surface area contributed by atoms with Crippen LogP contribution in [0.1, 0.15) is 43.0 Å². The summed E-state index contributed by atoms with van der Waals surface area (Å²) in [6, 6.07) is 10.2. The fourth-order valence-electron chi connectivity index (χ4n) is 4.24. The van der Waals surface area contributed by atoms with E-state index >= 15 is 0 Å². The van der Waals surface area contributed by atoms with Gasteiger partial charge >= 0.3 is 6.03 Å². The molecule has 2 aromatic carbocycles. The molecule has 1 aliphatic rings. The standard InChI is InChI=1S/C24H32FN3O3/c1-5-10-26-24(29)27-16(2)23-20-14-22(31-4)21(30-3)13-18(20)9-11-28(23)15-17-7-6-8-19(25)12-17/h6-8,12-14,16,23H,5,9-11,15H2,1-4H3,(H2,26,27,29)/t16-,23+/m1/s1. The lowest BCUT2D eigenvalue weighted by molar-refractivity contribution is 0.143. The van der Waals surface area contributed by atoms with Crippen molar-refractivity contribution in [1.29, 1.82) is 0 Å². The van der Waals surface area contributed by atoms with Gasteiger partial charge in [0.25, 0.3) is 0 Å². The largest absolute Gasteiger partial charge is 0.493 e. The number of fused-ring (bicyclic) bond motifs is 1. The van der Waals surface area contributed by atoms with Crippen molar-refractivity contribution in [3.05, 3.63) is 58.9 Å². The zero-order valence-corrected chi connectivity index (χ0v) is 18.7. The molecule has 0 radical (unpaired) electrons. The molecule has 2 amide bonds. The monoisotopic (exact) mass is 429 g/mol. The van der Waals surface area contributed by atoms with Crippen LogP contribution >= 0.6 is 0 Å². The Balaban J connectivity index is 1.94. The number of amides is 2. The van der Waals surface area contributed by atoms with Gasteiger partial charge < -0.3 is 20.1 Å². The van der Waals surface area contributed by atoms with E-state index in [2.05, 4.69) is 15.5 Å². The summed E-state index contributed by atoms with van der Waals surface area (Å²) in [5.41, 5.74) is 3.15. The van der Waals surface area contributed by atoms with Gasteiger partial charge in [-0.25, -0.2) is 9.18 Å². The quantitative estimate of drug-likeness (QED) is 0.665. The molecule has 2 atom stereocenters. The third-order valence-corrected chi connectivity index (χ3v) is 5.67. The molecule has 7 heteroatoms. The predicted octanol–water partition coefficient (Wildman–Crippen LogP) is 4.04. The number of rotatable bonds is 8. The molecule has 6 nitrogen and oxygen atoms in total. The molecule has 0 unspecified atom stereocenters. The van der Waals surface area contributed by atoms with E-state index < -0.39 is 0 Å². The van der Waals surface area contributed by atoms with Gasteiger partial charge in [0.1, 0.15) is 5.82 Å². The number of carbonyl (C=O) groups is 1. The maximum Gasteiger partial charge on any atom is 0.315 e. The molecule has 168 valence electrons. The van der Waals surface area contributed by atoms with Crippen LogP contribution < -0.4 is 20.1 Å².